The van der Waals surface area contributed by atoms with Gasteiger partial charge in [-0.2, -0.15) is 27.3 Å². The van der Waals surface area contributed by atoms with Gasteiger partial charge < -0.3 is 4.90 Å². The summed E-state index contributed by atoms with van der Waals surface area (Å²) in [5.41, 5.74) is 1.64. The summed E-state index contributed by atoms with van der Waals surface area (Å²) < 4.78 is 41.8. The van der Waals surface area contributed by atoms with Crippen molar-refractivity contribution >= 4 is 17.1 Å². The van der Waals surface area contributed by atoms with Crippen molar-refractivity contribution in [2.45, 2.75) is 31.9 Å². The number of alkyl halides is 3. The average Bonchev–Trinajstić information content (AvgIpc) is 3.31. The highest BCUT2D eigenvalue weighted by atomic mass is 19.4. The van der Waals surface area contributed by atoms with E-state index in [2.05, 4.69) is 30.6 Å². The maximum absolute atomic E-state index is 13.1. The molecule has 4 aromatic rings. The molecule has 0 aromatic carbocycles. The number of aryl methyl sites for hydroxylation is 1. The van der Waals surface area contributed by atoms with Crippen molar-refractivity contribution in [3.8, 4) is 0 Å². The van der Waals surface area contributed by atoms with Crippen LogP contribution >= 0.6 is 0 Å². The van der Waals surface area contributed by atoms with E-state index < -0.39 is 12.0 Å². The van der Waals surface area contributed by atoms with Gasteiger partial charge in [0.25, 0.3) is 5.82 Å². The van der Waals surface area contributed by atoms with Crippen LogP contribution in [0.1, 0.15) is 36.1 Å². The molecule has 1 aliphatic rings. The molecule has 12 heteroatoms. The van der Waals surface area contributed by atoms with Gasteiger partial charge in [-0.3, -0.25) is 0 Å². The summed E-state index contributed by atoms with van der Waals surface area (Å²) in [5, 5.41) is 23.8. The van der Waals surface area contributed by atoms with Crippen LogP contribution in [0.25, 0.3) is 11.3 Å². The molecule has 9 nitrogen and oxygen atoms in total. The molecule has 0 aliphatic carbocycles. The first-order valence-corrected chi connectivity index (χ1v) is 9.14. The van der Waals surface area contributed by atoms with E-state index in [1.165, 1.54) is 6.07 Å². The summed E-state index contributed by atoms with van der Waals surface area (Å²) in [7, 11) is 0. The Hall–Kier alpha value is -3.31. The fourth-order valence-corrected chi connectivity index (χ4v) is 3.64. The van der Waals surface area contributed by atoms with Crippen molar-refractivity contribution in [1.82, 2.24) is 39.6 Å². The number of aromatic nitrogens is 8. The SMILES string of the molecule is Cc1ccc2nnc(C3CCN(c4ccc5nnc(C(F)(F)F)n5n4)CC3)n2n1. The average molecular weight is 403 g/mol. The third kappa shape index (κ3) is 3.04. The second kappa shape index (κ2) is 6.36. The third-order valence-corrected chi connectivity index (χ3v) is 5.11. The highest BCUT2D eigenvalue weighted by Crippen LogP contribution is 2.30. The van der Waals surface area contributed by atoms with E-state index in [1.807, 2.05) is 24.0 Å². The topological polar surface area (TPSA) is 89.4 Å². The zero-order valence-corrected chi connectivity index (χ0v) is 15.4. The predicted molar refractivity (Wildman–Crippen MR) is 95.5 cm³/mol. The molecule has 0 saturated carbocycles. The molecular weight excluding hydrogens is 387 g/mol. The molecule has 29 heavy (non-hydrogen) atoms. The summed E-state index contributed by atoms with van der Waals surface area (Å²) >= 11 is 0. The molecule has 0 radical (unpaired) electrons. The van der Waals surface area contributed by atoms with E-state index in [9.17, 15) is 13.2 Å². The lowest BCUT2D eigenvalue weighted by atomic mass is 9.96. The highest BCUT2D eigenvalue weighted by Gasteiger charge is 2.38. The molecule has 5 rings (SSSR count). The number of rotatable bonds is 2. The summed E-state index contributed by atoms with van der Waals surface area (Å²) in [6.07, 6.45) is -3.08. The second-order valence-corrected chi connectivity index (χ2v) is 7.05. The molecule has 0 atom stereocenters. The Morgan fingerprint density at radius 1 is 0.862 bits per heavy atom. The predicted octanol–water partition coefficient (Wildman–Crippen LogP) is 2.27. The normalized spacial score (nSPS) is 16.2. The maximum atomic E-state index is 13.1. The van der Waals surface area contributed by atoms with Gasteiger partial charge in [0.1, 0.15) is 5.82 Å². The molecule has 4 aromatic heterocycles. The second-order valence-electron chi connectivity index (χ2n) is 7.05. The molecule has 0 unspecified atom stereocenters. The standard InChI is InChI=1S/C17H16F3N9/c1-10-2-3-12-21-23-15(28(12)25-10)11-6-8-27(9-7-11)14-5-4-13-22-24-16(17(18,19)20)29(13)26-14/h2-5,11H,6-9H2,1H3. The van der Waals surface area contributed by atoms with Crippen LogP contribution in [0, 0.1) is 6.92 Å². The number of halogens is 3. The Morgan fingerprint density at radius 3 is 2.31 bits per heavy atom. The van der Waals surface area contributed by atoms with E-state index >= 15 is 0 Å². The molecule has 0 bridgehead atoms. The van der Waals surface area contributed by atoms with Crippen LogP contribution in [0.2, 0.25) is 0 Å². The fourth-order valence-electron chi connectivity index (χ4n) is 3.64. The van der Waals surface area contributed by atoms with Crippen LogP contribution in [0.3, 0.4) is 0 Å². The first-order valence-electron chi connectivity index (χ1n) is 9.14. The van der Waals surface area contributed by atoms with Crippen LogP contribution in [-0.4, -0.2) is 52.7 Å². The molecule has 150 valence electrons. The van der Waals surface area contributed by atoms with Crippen LogP contribution < -0.4 is 4.90 Å². The van der Waals surface area contributed by atoms with Gasteiger partial charge in [0, 0.05) is 19.0 Å². The number of piperidine rings is 1. The lowest BCUT2D eigenvalue weighted by molar-refractivity contribution is -0.146. The molecule has 0 N–H and O–H groups in total. The lowest BCUT2D eigenvalue weighted by Gasteiger charge is -2.31. The monoisotopic (exact) mass is 403 g/mol. The fraction of sp³-hybridized carbons (Fsp3) is 0.412. The van der Waals surface area contributed by atoms with E-state index in [-0.39, 0.29) is 11.6 Å². The van der Waals surface area contributed by atoms with E-state index in [0.29, 0.717) is 24.6 Å². The molecular formula is C17H16F3N9. The van der Waals surface area contributed by atoms with Gasteiger partial charge >= 0.3 is 6.18 Å². The van der Waals surface area contributed by atoms with Gasteiger partial charge in [-0.15, -0.1) is 25.5 Å². The van der Waals surface area contributed by atoms with Crippen molar-refractivity contribution in [3.05, 3.63) is 41.6 Å². The number of fused-ring (bicyclic) bond motifs is 2. The third-order valence-electron chi connectivity index (χ3n) is 5.11. The zero-order chi connectivity index (χ0) is 20.2. The first-order chi connectivity index (χ1) is 13.9. The van der Waals surface area contributed by atoms with Gasteiger partial charge in [0.2, 0.25) is 0 Å². The van der Waals surface area contributed by atoms with Crippen LogP contribution in [0.15, 0.2) is 24.3 Å². The Morgan fingerprint density at radius 2 is 1.55 bits per heavy atom. The molecule has 1 fully saturated rings. The molecule has 0 amide bonds. The van der Waals surface area contributed by atoms with Crippen LogP contribution in [0.4, 0.5) is 19.0 Å². The van der Waals surface area contributed by atoms with Crippen molar-refractivity contribution in [2.75, 3.05) is 18.0 Å². The summed E-state index contributed by atoms with van der Waals surface area (Å²) in [5.74, 6) is 0.312. The minimum absolute atomic E-state index is 0.0623. The number of hydrogen-bond donors (Lipinski definition) is 0. The Bertz CT molecular complexity index is 1190. The Balaban J connectivity index is 1.38. The van der Waals surface area contributed by atoms with Gasteiger partial charge in [-0.1, -0.05) is 0 Å². The van der Waals surface area contributed by atoms with Crippen molar-refractivity contribution < 1.29 is 13.2 Å². The zero-order valence-electron chi connectivity index (χ0n) is 15.4. The molecule has 5 heterocycles. The summed E-state index contributed by atoms with van der Waals surface area (Å²) in [6, 6.07) is 6.93. The summed E-state index contributed by atoms with van der Waals surface area (Å²) in [4.78, 5) is 1.96. The minimum atomic E-state index is -4.61. The Labute approximate surface area is 162 Å². The quantitative estimate of drug-likeness (QED) is 0.507. The van der Waals surface area contributed by atoms with Gasteiger partial charge in [0.15, 0.2) is 17.1 Å². The molecule has 0 spiro atoms. The molecule has 1 saturated heterocycles. The smallest absolute Gasteiger partial charge is 0.355 e. The Kier molecular flexibility index (Phi) is 3.89. The van der Waals surface area contributed by atoms with E-state index in [1.54, 1.807) is 10.6 Å². The first kappa shape index (κ1) is 17.8. The van der Waals surface area contributed by atoms with Crippen LogP contribution in [-0.2, 0) is 6.18 Å². The van der Waals surface area contributed by atoms with Crippen LogP contribution in [0.5, 0.6) is 0 Å². The highest BCUT2D eigenvalue weighted by molar-refractivity contribution is 5.46. The van der Waals surface area contributed by atoms with E-state index in [0.717, 1.165) is 28.9 Å². The number of anilines is 1. The van der Waals surface area contributed by atoms with Crippen molar-refractivity contribution in [3.63, 3.8) is 0 Å². The van der Waals surface area contributed by atoms with Gasteiger partial charge in [0.05, 0.1) is 5.69 Å². The number of nitrogens with zero attached hydrogens (tertiary/aromatic N) is 9. The van der Waals surface area contributed by atoms with E-state index in [4.69, 9.17) is 0 Å². The maximum Gasteiger partial charge on any atom is 0.453 e. The van der Waals surface area contributed by atoms with Gasteiger partial charge in [-0.05, 0) is 44.0 Å². The summed E-state index contributed by atoms with van der Waals surface area (Å²) in [6.45, 7) is 3.18. The van der Waals surface area contributed by atoms with Gasteiger partial charge in [-0.25, -0.2) is 0 Å². The lowest BCUT2D eigenvalue weighted by Crippen LogP contribution is -2.34. The minimum Gasteiger partial charge on any atom is -0.355 e. The molecule has 1 aliphatic heterocycles. The number of hydrogen-bond acceptors (Lipinski definition) is 7. The van der Waals surface area contributed by atoms with Crippen molar-refractivity contribution in [2.24, 2.45) is 0 Å². The van der Waals surface area contributed by atoms with Crippen molar-refractivity contribution in [1.29, 1.82) is 0 Å². The largest absolute Gasteiger partial charge is 0.453 e.